The zero-order chi connectivity index (χ0) is 19.0. The molecule has 140 valence electrons. The molecule has 0 radical (unpaired) electrons. The van der Waals surface area contributed by atoms with Crippen molar-refractivity contribution in [1.82, 2.24) is 0 Å². The van der Waals surface area contributed by atoms with Crippen LogP contribution in [0.4, 0.5) is 5.69 Å². The van der Waals surface area contributed by atoms with Gasteiger partial charge in [0.2, 0.25) is 0 Å². The van der Waals surface area contributed by atoms with Gasteiger partial charge < -0.3 is 16.4 Å². The summed E-state index contributed by atoms with van der Waals surface area (Å²) < 4.78 is 24.6. The van der Waals surface area contributed by atoms with E-state index in [-0.39, 0.29) is 16.4 Å². The molecule has 0 aromatic heterocycles. The van der Waals surface area contributed by atoms with E-state index in [0.29, 0.717) is 5.69 Å². The van der Waals surface area contributed by atoms with Gasteiger partial charge in [0.15, 0.2) is 15.8 Å². The van der Waals surface area contributed by atoms with Crippen molar-refractivity contribution in [3.05, 3.63) is 23.8 Å². The lowest BCUT2D eigenvalue weighted by atomic mass is 10.1. The standard InChI is InChI=1S/C17H28N4O3S/c1-4-6-10-21(11-7-5-2)14-9-8-13(16(22)20-17(18)19)12-15(14)25(3,23)24/h8-9,12H,4-7,10-11H2,1-3H3,(H4,18,19,20,22). The first-order chi connectivity index (χ1) is 11.7. The molecule has 0 fully saturated rings. The van der Waals surface area contributed by atoms with Crippen molar-refractivity contribution in [2.45, 2.75) is 44.4 Å². The van der Waals surface area contributed by atoms with Gasteiger partial charge in [-0.3, -0.25) is 4.79 Å². The molecule has 7 nitrogen and oxygen atoms in total. The van der Waals surface area contributed by atoms with Gasteiger partial charge in [-0.2, -0.15) is 4.99 Å². The van der Waals surface area contributed by atoms with Gasteiger partial charge in [0.25, 0.3) is 5.91 Å². The van der Waals surface area contributed by atoms with Crippen molar-refractivity contribution in [1.29, 1.82) is 0 Å². The number of carbonyl (C=O) groups is 1. The minimum atomic E-state index is -3.52. The lowest BCUT2D eigenvalue weighted by Gasteiger charge is -2.27. The number of anilines is 1. The number of guanidine groups is 1. The lowest BCUT2D eigenvalue weighted by Crippen LogP contribution is -2.27. The summed E-state index contributed by atoms with van der Waals surface area (Å²) in [6.07, 6.45) is 5.08. The molecule has 1 rings (SSSR count). The second kappa shape index (κ2) is 9.41. The van der Waals surface area contributed by atoms with Crippen molar-refractivity contribution in [2.75, 3.05) is 24.2 Å². The first-order valence-electron chi connectivity index (χ1n) is 8.43. The first kappa shape index (κ1) is 21.0. The highest BCUT2D eigenvalue weighted by atomic mass is 32.2. The Kier molecular flexibility index (Phi) is 7.89. The molecule has 8 heteroatoms. The molecule has 25 heavy (non-hydrogen) atoms. The second-order valence-electron chi connectivity index (χ2n) is 5.99. The summed E-state index contributed by atoms with van der Waals surface area (Å²) in [5.41, 5.74) is 11.2. The fourth-order valence-corrected chi connectivity index (χ4v) is 3.36. The van der Waals surface area contributed by atoms with Crippen LogP contribution in [0.15, 0.2) is 28.1 Å². The SMILES string of the molecule is CCCCN(CCCC)c1ccc(C(=O)N=C(N)N)cc1S(C)(=O)=O. The monoisotopic (exact) mass is 368 g/mol. The van der Waals surface area contributed by atoms with E-state index < -0.39 is 15.7 Å². The number of hydrogen-bond donors (Lipinski definition) is 2. The van der Waals surface area contributed by atoms with Crippen LogP contribution in [-0.4, -0.2) is 39.6 Å². The van der Waals surface area contributed by atoms with Gasteiger partial charge in [-0.15, -0.1) is 0 Å². The molecule has 0 aliphatic carbocycles. The van der Waals surface area contributed by atoms with E-state index in [1.165, 1.54) is 6.07 Å². The highest BCUT2D eigenvalue weighted by Gasteiger charge is 2.20. The van der Waals surface area contributed by atoms with Crippen LogP contribution in [0.5, 0.6) is 0 Å². The molecule has 1 aromatic carbocycles. The lowest BCUT2D eigenvalue weighted by molar-refractivity contribution is 0.100. The van der Waals surface area contributed by atoms with Crippen LogP contribution in [0.2, 0.25) is 0 Å². The number of hydrogen-bond acceptors (Lipinski definition) is 4. The summed E-state index contributed by atoms with van der Waals surface area (Å²) >= 11 is 0. The Bertz CT molecular complexity index is 717. The smallest absolute Gasteiger partial charge is 0.280 e. The Hall–Kier alpha value is -2.09. The van der Waals surface area contributed by atoms with E-state index in [4.69, 9.17) is 11.5 Å². The van der Waals surface area contributed by atoms with E-state index in [2.05, 4.69) is 23.7 Å². The van der Waals surface area contributed by atoms with E-state index in [1.54, 1.807) is 12.1 Å². The molecule has 0 aliphatic heterocycles. The van der Waals surface area contributed by atoms with Crippen LogP contribution in [0.3, 0.4) is 0 Å². The number of unbranched alkanes of at least 4 members (excludes halogenated alkanes) is 2. The van der Waals surface area contributed by atoms with Gasteiger partial charge in [-0.05, 0) is 31.0 Å². The Balaban J connectivity index is 3.37. The summed E-state index contributed by atoms with van der Waals surface area (Å²) in [4.78, 5) is 17.7. The van der Waals surface area contributed by atoms with Crippen molar-refractivity contribution in [3.63, 3.8) is 0 Å². The predicted molar refractivity (Wildman–Crippen MR) is 102 cm³/mol. The molecular weight excluding hydrogens is 340 g/mol. The highest BCUT2D eigenvalue weighted by molar-refractivity contribution is 7.90. The van der Waals surface area contributed by atoms with Crippen LogP contribution in [0.25, 0.3) is 0 Å². The fourth-order valence-electron chi connectivity index (χ4n) is 2.44. The second-order valence-corrected chi connectivity index (χ2v) is 7.97. The zero-order valence-electron chi connectivity index (χ0n) is 15.2. The maximum Gasteiger partial charge on any atom is 0.280 e. The molecule has 0 atom stereocenters. The number of carbonyl (C=O) groups excluding carboxylic acids is 1. The van der Waals surface area contributed by atoms with Gasteiger partial charge in [-0.1, -0.05) is 26.7 Å². The van der Waals surface area contributed by atoms with E-state index in [0.717, 1.165) is 45.0 Å². The molecule has 0 bridgehead atoms. The largest absolute Gasteiger partial charge is 0.370 e. The van der Waals surface area contributed by atoms with Crippen molar-refractivity contribution >= 4 is 27.4 Å². The number of nitrogens with zero attached hydrogens (tertiary/aromatic N) is 2. The van der Waals surface area contributed by atoms with Crippen molar-refractivity contribution < 1.29 is 13.2 Å². The Morgan fingerprint density at radius 2 is 1.68 bits per heavy atom. The van der Waals surface area contributed by atoms with Crippen LogP contribution in [0.1, 0.15) is 49.9 Å². The normalized spacial score (nSPS) is 11.2. The average Bonchev–Trinajstić information content (AvgIpc) is 2.53. The Morgan fingerprint density at radius 1 is 1.12 bits per heavy atom. The van der Waals surface area contributed by atoms with Gasteiger partial charge >= 0.3 is 0 Å². The third kappa shape index (κ3) is 6.38. The third-order valence-corrected chi connectivity index (χ3v) is 4.87. The number of amides is 1. The molecule has 1 aromatic rings. The molecule has 0 spiro atoms. The first-order valence-corrected chi connectivity index (χ1v) is 10.3. The van der Waals surface area contributed by atoms with Crippen molar-refractivity contribution in [3.8, 4) is 0 Å². The highest BCUT2D eigenvalue weighted by Crippen LogP contribution is 2.28. The predicted octanol–water partition coefficient (Wildman–Crippen LogP) is 1.91. The number of nitrogens with two attached hydrogens (primary N) is 2. The van der Waals surface area contributed by atoms with E-state index in [1.807, 2.05) is 0 Å². The summed E-state index contributed by atoms with van der Waals surface area (Å²) in [6.45, 7) is 5.71. The molecule has 0 saturated heterocycles. The minimum Gasteiger partial charge on any atom is -0.370 e. The van der Waals surface area contributed by atoms with Crippen LogP contribution < -0.4 is 16.4 Å². The Labute approximate surface area is 150 Å². The minimum absolute atomic E-state index is 0.122. The van der Waals surface area contributed by atoms with Gasteiger partial charge in [-0.25, -0.2) is 8.42 Å². The number of aliphatic imine (C=N–C) groups is 1. The fraction of sp³-hybridized carbons (Fsp3) is 0.529. The average molecular weight is 369 g/mol. The van der Waals surface area contributed by atoms with Crippen molar-refractivity contribution in [2.24, 2.45) is 16.5 Å². The van der Waals surface area contributed by atoms with Crippen LogP contribution >= 0.6 is 0 Å². The van der Waals surface area contributed by atoms with Crippen LogP contribution in [0, 0.1) is 0 Å². The molecule has 0 aliphatic rings. The van der Waals surface area contributed by atoms with E-state index >= 15 is 0 Å². The quantitative estimate of drug-likeness (QED) is 0.507. The topological polar surface area (TPSA) is 119 Å². The van der Waals surface area contributed by atoms with E-state index in [9.17, 15) is 13.2 Å². The molecular formula is C17H28N4O3S. The van der Waals surface area contributed by atoms with Gasteiger partial charge in [0.05, 0.1) is 10.6 Å². The molecule has 1 amide bonds. The Morgan fingerprint density at radius 3 is 2.12 bits per heavy atom. The summed E-state index contributed by atoms with van der Waals surface area (Å²) in [6, 6.07) is 4.57. The summed E-state index contributed by atoms with van der Waals surface area (Å²) in [5.74, 6) is -1.02. The maximum atomic E-state index is 12.3. The zero-order valence-corrected chi connectivity index (χ0v) is 16.0. The number of rotatable bonds is 9. The molecule has 0 unspecified atom stereocenters. The number of benzene rings is 1. The van der Waals surface area contributed by atoms with Gasteiger partial charge in [0.1, 0.15) is 0 Å². The molecule has 0 saturated carbocycles. The maximum absolute atomic E-state index is 12.3. The van der Waals surface area contributed by atoms with Crippen LogP contribution in [-0.2, 0) is 9.84 Å². The van der Waals surface area contributed by atoms with Gasteiger partial charge in [0, 0.05) is 24.9 Å². The molecule has 4 N–H and O–H groups in total. The molecule has 0 heterocycles. The number of sulfone groups is 1. The third-order valence-electron chi connectivity index (χ3n) is 3.74. The summed E-state index contributed by atoms with van der Waals surface area (Å²) in [7, 11) is -3.52. The summed E-state index contributed by atoms with van der Waals surface area (Å²) in [5, 5.41) is 0.